The topological polar surface area (TPSA) is 29.5 Å². The molecular weight excluding hydrogens is 659 g/mol. The molecule has 0 saturated heterocycles. The first-order chi connectivity index (χ1) is 26.5. The predicted octanol–water partition coefficient (Wildman–Crippen LogP) is 14.7. The highest BCUT2D eigenvalue weighted by Crippen LogP contribution is 2.50. The SMILES string of the molecule is CC1(C)c2ccccc2-c2ccc(-c3ccc(N(c4ccccc4C4=CC=CCC4)c4cccc5oc6cc7oc8ccccc8c7cc6c45)cc3)cc21. The van der Waals surface area contributed by atoms with E-state index in [1.54, 1.807) is 0 Å². The Kier molecular flexibility index (Phi) is 6.72. The highest BCUT2D eigenvalue weighted by atomic mass is 16.3. The predicted molar refractivity (Wildman–Crippen MR) is 225 cm³/mol. The summed E-state index contributed by atoms with van der Waals surface area (Å²) in [5.74, 6) is 0. The zero-order valence-corrected chi connectivity index (χ0v) is 30.3. The Morgan fingerprint density at radius 1 is 0.519 bits per heavy atom. The molecule has 2 aromatic heterocycles. The van der Waals surface area contributed by atoms with Crippen molar-refractivity contribution in [3.05, 3.63) is 181 Å². The van der Waals surface area contributed by atoms with Crippen LogP contribution in [0.3, 0.4) is 0 Å². The van der Waals surface area contributed by atoms with Crippen molar-refractivity contribution >= 4 is 66.5 Å². The van der Waals surface area contributed by atoms with Gasteiger partial charge in [-0.25, -0.2) is 0 Å². The van der Waals surface area contributed by atoms with E-state index in [-0.39, 0.29) is 5.41 Å². The molecule has 3 heteroatoms. The highest BCUT2D eigenvalue weighted by molar-refractivity contribution is 6.19. The second kappa shape index (κ2) is 11.7. The largest absolute Gasteiger partial charge is 0.456 e. The molecule has 0 atom stereocenters. The van der Waals surface area contributed by atoms with E-state index in [1.165, 1.54) is 44.5 Å². The van der Waals surface area contributed by atoms with Crippen molar-refractivity contribution in [2.75, 3.05) is 4.90 Å². The van der Waals surface area contributed by atoms with Crippen molar-refractivity contribution in [2.45, 2.75) is 32.1 Å². The summed E-state index contributed by atoms with van der Waals surface area (Å²) in [5.41, 5.74) is 17.1. The summed E-state index contributed by atoms with van der Waals surface area (Å²) in [7, 11) is 0. The van der Waals surface area contributed by atoms with Crippen LogP contribution in [0.1, 0.15) is 43.4 Å². The summed E-state index contributed by atoms with van der Waals surface area (Å²) in [6.07, 6.45) is 8.75. The fourth-order valence-corrected chi connectivity index (χ4v) is 9.07. The van der Waals surface area contributed by atoms with Crippen LogP contribution in [0.25, 0.3) is 71.7 Å². The van der Waals surface area contributed by atoms with Crippen molar-refractivity contribution in [2.24, 2.45) is 0 Å². The zero-order chi connectivity index (χ0) is 36.0. The maximum Gasteiger partial charge on any atom is 0.139 e. The summed E-state index contributed by atoms with van der Waals surface area (Å²) in [6, 6.07) is 52.7. The highest BCUT2D eigenvalue weighted by Gasteiger charge is 2.35. The van der Waals surface area contributed by atoms with Gasteiger partial charge in [-0.1, -0.05) is 123 Å². The third kappa shape index (κ3) is 4.61. The van der Waals surface area contributed by atoms with Crippen molar-refractivity contribution in [3.8, 4) is 22.3 Å². The van der Waals surface area contributed by atoms with Crippen LogP contribution in [0.4, 0.5) is 17.1 Å². The minimum atomic E-state index is -0.0498. The molecule has 0 radical (unpaired) electrons. The van der Waals surface area contributed by atoms with Gasteiger partial charge in [-0.15, -0.1) is 0 Å². The molecule has 0 fully saturated rings. The number of rotatable bonds is 5. The Bertz CT molecular complexity index is 3020. The molecule has 9 aromatic rings. The molecule has 0 N–H and O–H groups in total. The van der Waals surface area contributed by atoms with Gasteiger partial charge in [0, 0.05) is 38.9 Å². The first-order valence-electron chi connectivity index (χ1n) is 18.9. The molecule has 11 rings (SSSR count). The van der Waals surface area contributed by atoms with Gasteiger partial charge in [0.05, 0.1) is 16.8 Å². The molecule has 54 heavy (non-hydrogen) atoms. The lowest BCUT2D eigenvalue weighted by molar-refractivity contribution is 0.656. The molecule has 3 nitrogen and oxygen atoms in total. The van der Waals surface area contributed by atoms with Crippen molar-refractivity contribution in [1.82, 2.24) is 0 Å². The third-order valence-corrected chi connectivity index (χ3v) is 11.8. The van der Waals surface area contributed by atoms with Crippen LogP contribution in [0.5, 0.6) is 0 Å². The summed E-state index contributed by atoms with van der Waals surface area (Å²) in [4.78, 5) is 2.43. The summed E-state index contributed by atoms with van der Waals surface area (Å²) in [6.45, 7) is 4.69. The molecule has 0 saturated carbocycles. The van der Waals surface area contributed by atoms with Gasteiger partial charge >= 0.3 is 0 Å². The van der Waals surface area contributed by atoms with E-state index < -0.39 is 0 Å². The Hall–Kier alpha value is -6.58. The minimum absolute atomic E-state index is 0.0498. The first kappa shape index (κ1) is 31.0. The fraction of sp³-hybridized carbons (Fsp3) is 0.0980. The van der Waals surface area contributed by atoms with Gasteiger partial charge in [0.2, 0.25) is 0 Å². The average Bonchev–Trinajstić information content (AvgIpc) is 3.85. The number of fused-ring (bicyclic) bond motifs is 9. The maximum absolute atomic E-state index is 6.61. The van der Waals surface area contributed by atoms with Gasteiger partial charge in [0.1, 0.15) is 22.3 Å². The molecule has 258 valence electrons. The van der Waals surface area contributed by atoms with Crippen molar-refractivity contribution in [1.29, 1.82) is 0 Å². The number of furan rings is 2. The lowest BCUT2D eigenvalue weighted by Crippen LogP contribution is -2.14. The van der Waals surface area contributed by atoms with Gasteiger partial charge in [-0.05, 0) is 100 Å². The summed E-state index contributed by atoms with van der Waals surface area (Å²) < 4.78 is 12.9. The van der Waals surface area contributed by atoms with E-state index in [4.69, 9.17) is 8.83 Å². The Morgan fingerprint density at radius 3 is 2.09 bits per heavy atom. The number of nitrogens with zero attached hydrogens (tertiary/aromatic N) is 1. The standard InChI is InChI=1S/C51H37NO2/c1-51(2)42-18-9-6-16-37(42)38-28-25-34(29-43(38)51)32-23-26-35(27-24-32)52(44-19-10-7-15-36(44)33-13-4-3-5-14-33)45-20-12-22-47-50(45)41-30-40-39-17-8-11-21-46(39)53-48(40)31-49(41)54-47/h3-4,6-13,15-31H,5,14H2,1-2H3. The summed E-state index contributed by atoms with van der Waals surface area (Å²) in [5, 5.41) is 4.35. The third-order valence-electron chi connectivity index (χ3n) is 11.8. The molecule has 7 aromatic carbocycles. The lowest BCUT2D eigenvalue weighted by Gasteiger charge is -2.29. The van der Waals surface area contributed by atoms with E-state index in [1.807, 2.05) is 12.1 Å². The van der Waals surface area contributed by atoms with Crippen LogP contribution >= 0.6 is 0 Å². The monoisotopic (exact) mass is 695 g/mol. The lowest BCUT2D eigenvalue weighted by atomic mass is 9.81. The quantitative estimate of drug-likeness (QED) is 0.179. The fourth-order valence-electron chi connectivity index (χ4n) is 9.07. The molecule has 2 heterocycles. The van der Waals surface area contributed by atoms with Gasteiger partial charge < -0.3 is 13.7 Å². The van der Waals surface area contributed by atoms with Crippen LogP contribution in [0.15, 0.2) is 173 Å². The second-order valence-electron chi connectivity index (χ2n) is 15.2. The Morgan fingerprint density at radius 2 is 1.22 bits per heavy atom. The number of allylic oxidation sites excluding steroid dienone is 4. The van der Waals surface area contributed by atoms with Crippen molar-refractivity contribution < 1.29 is 8.83 Å². The van der Waals surface area contributed by atoms with E-state index in [0.29, 0.717) is 0 Å². The molecule has 2 aliphatic rings. The normalized spacial score (nSPS) is 14.5. The number of hydrogen-bond donors (Lipinski definition) is 0. The van der Waals surface area contributed by atoms with Crippen molar-refractivity contribution in [3.63, 3.8) is 0 Å². The van der Waals surface area contributed by atoms with Crippen LogP contribution in [-0.4, -0.2) is 0 Å². The smallest absolute Gasteiger partial charge is 0.139 e. The molecule has 0 bridgehead atoms. The van der Waals surface area contributed by atoms with E-state index in [2.05, 4.69) is 170 Å². The van der Waals surface area contributed by atoms with E-state index in [0.717, 1.165) is 73.8 Å². The Balaban J connectivity index is 1.10. The molecule has 0 aliphatic heterocycles. The van der Waals surface area contributed by atoms with Gasteiger partial charge in [0.15, 0.2) is 0 Å². The maximum atomic E-state index is 6.61. The van der Waals surface area contributed by atoms with Crippen LogP contribution < -0.4 is 4.90 Å². The minimum Gasteiger partial charge on any atom is -0.456 e. The van der Waals surface area contributed by atoms with Gasteiger partial charge in [-0.2, -0.15) is 0 Å². The van der Waals surface area contributed by atoms with Crippen LogP contribution in [-0.2, 0) is 5.41 Å². The zero-order valence-electron chi connectivity index (χ0n) is 30.3. The van der Waals surface area contributed by atoms with Gasteiger partial charge in [-0.3, -0.25) is 0 Å². The summed E-state index contributed by atoms with van der Waals surface area (Å²) >= 11 is 0. The van der Waals surface area contributed by atoms with Crippen LogP contribution in [0, 0.1) is 0 Å². The molecule has 0 unspecified atom stereocenters. The average molecular weight is 696 g/mol. The van der Waals surface area contributed by atoms with E-state index in [9.17, 15) is 0 Å². The molecule has 2 aliphatic carbocycles. The van der Waals surface area contributed by atoms with E-state index >= 15 is 0 Å². The molecular formula is C51H37NO2. The number of anilines is 3. The molecule has 0 amide bonds. The van der Waals surface area contributed by atoms with Gasteiger partial charge in [0.25, 0.3) is 0 Å². The number of benzene rings is 7. The number of hydrogen-bond acceptors (Lipinski definition) is 3. The Labute approximate surface area is 314 Å². The second-order valence-corrected chi connectivity index (χ2v) is 15.2. The molecule has 0 spiro atoms. The number of para-hydroxylation sites is 2. The van der Waals surface area contributed by atoms with Crippen LogP contribution in [0.2, 0.25) is 0 Å². The first-order valence-corrected chi connectivity index (χ1v) is 18.9.